The van der Waals surface area contributed by atoms with Crippen LogP contribution in [0.2, 0.25) is 0 Å². The molecule has 0 unspecified atom stereocenters. The van der Waals surface area contributed by atoms with E-state index in [0.717, 1.165) is 56.4 Å². The molecule has 0 amide bonds. The Morgan fingerprint density at radius 2 is 2.00 bits per heavy atom. The van der Waals surface area contributed by atoms with E-state index < -0.39 is 0 Å². The van der Waals surface area contributed by atoms with E-state index >= 15 is 0 Å². The van der Waals surface area contributed by atoms with Gasteiger partial charge in [0.15, 0.2) is 5.96 Å². The molecular formula is C21H26N6O. The van der Waals surface area contributed by atoms with E-state index in [1.54, 1.807) is 6.26 Å². The van der Waals surface area contributed by atoms with Crippen LogP contribution in [0.1, 0.15) is 18.2 Å². The van der Waals surface area contributed by atoms with E-state index in [0.29, 0.717) is 6.54 Å². The van der Waals surface area contributed by atoms with Crippen LogP contribution in [-0.4, -0.2) is 58.6 Å². The summed E-state index contributed by atoms with van der Waals surface area (Å²) in [7, 11) is 0. The zero-order valence-corrected chi connectivity index (χ0v) is 16.2. The van der Waals surface area contributed by atoms with E-state index in [9.17, 15) is 0 Å². The molecule has 28 heavy (non-hydrogen) atoms. The van der Waals surface area contributed by atoms with Gasteiger partial charge in [0.1, 0.15) is 6.26 Å². The number of fused-ring (bicyclic) bond motifs is 1. The van der Waals surface area contributed by atoms with Gasteiger partial charge in [-0.05, 0) is 24.6 Å². The van der Waals surface area contributed by atoms with Crippen molar-refractivity contribution >= 4 is 16.9 Å². The molecule has 7 heteroatoms. The van der Waals surface area contributed by atoms with E-state index in [1.165, 1.54) is 10.9 Å². The third-order valence-electron chi connectivity index (χ3n) is 5.02. The van der Waals surface area contributed by atoms with Gasteiger partial charge in [-0.25, -0.2) is 4.99 Å². The molecule has 0 aliphatic carbocycles. The Morgan fingerprint density at radius 3 is 2.79 bits per heavy atom. The van der Waals surface area contributed by atoms with Gasteiger partial charge < -0.3 is 14.7 Å². The van der Waals surface area contributed by atoms with Crippen molar-refractivity contribution in [2.75, 3.05) is 32.7 Å². The topological polar surface area (TPSA) is 69.8 Å². The smallest absolute Gasteiger partial charge is 0.194 e. The predicted octanol–water partition coefficient (Wildman–Crippen LogP) is 2.51. The molecule has 1 aliphatic heterocycles. The van der Waals surface area contributed by atoms with Crippen molar-refractivity contribution in [3.8, 4) is 0 Å². The lowest BCUT2D eigenvalue weighted by atomic mass is 10.1. The minimum absolute atomic E-state index is 0.643. The molecule has 1 saturated heterocycles. The number of para-hydroxylation sites is 1. The van der Waals surface area contributed by atoms with Crippen LogP contribution >= 0.6 is 0 Å². The highest BCUT2D eigenvalue weighted by Crippen LogP contribution is 2.17. The largest absolute Gasteiger partial charge is 0.364 e. The molecule has 0 atom stereocenters. The molecule has 0 radical (unpaired) electrons. The van der Waals surface area contributed by atoms with Crippen molar-refractivity contribution in [1.82, 2.24) is 25.3 Å². The fourth-order valence-electron chi connectivity index (χ4n) is 3.54. The van der Waals surface area contributed by atoms with Gasteiger partial charge in [-0.3, -0.25) is 9.88 Å². The van der Waals surface area contributed by atoms with Crippen LogP contribution in [0.15, 0.2) is 58.4 Å². The van der Waals surface area contributed by atoms with Gasteiger partial charge in [0.05, 0.1) is 17.8 Å². The molecule has 146 valence electrons. The van der Waals surface area contributed by atoms with Gasteiger partial charge >= 0.3 is 0 Å². The van der Waals surface area contributed by atoms with Crippen LogP contribution in [-0.2, 0) is 13.1 Å². The van der Waals surface area contributed by atoms with Crippen LogP contribution in [0.25, 0.3) is 10.9 Å². The lowest BCUT2D eigenvalue weighted by Gasteiger charge is -2.36. The van der Waals surface area contributed by atoms with Gasteiger partial charge in [-0.15, -0.1) is 0 Å². The fourth-order valence-corrected chi connectivity index (χ4v) is 3.54. The van der Waals surface area contributed by atoms with E-state index in [-0.39, 0.29) is 0 Å². The predicted molar refractivity (Wildman–Crippen MR) is 110 cm³/mol. The highest BCUT2D eigenvalue weighted by atomic mass is 16.5. The zero-order valence-electron chi connectivity index (χ0n) is 16.2. The van der Waals surface area contributed by atoms with Crippen molar-refractivity contribution in [3.63, 3.8) is 0 Å². The van der Waals surface area contributed by atoms with Crippen LogP contribution in [0, 0.1) is 0 Å². The van der Waals surface area contributed by atoms with Gasteiger partial charge in [0.25, 0.3) is 0 Å². The summed E-state index contributed by atoms with van der Waals surface area (Å²) in [5.41, 5.74) is 3.20. The first-order valence-corrected chi connectivity index (χ1v) is 9.81. The van der Waals surface area contributed by atoms with Gasteiger partial charge in [0.2, 0.25) is 0 Å². The first kappa shape index (κ1) is 18.4. The molecule has 3 heterocycles. The van der Waals surface area contributed by atoms with Gasteiger partial charge in [-0.1, -0.05) is 23.4 Å². The highest BCUT2D eigenvalue weighted by Gasteiger charge is 2.20. The second kappa shape index (κ2) is 8.84. The number of hydrogen-bond acceptors (Lipinski definition) is 5. The molecule has 1 aliphatic rings. The number of nitrogens with one attached hydrogen (secondary N) is 1. The normalized spacial score (nSPS) is 15.9. The zero-order chi connectivity index (χ0) is 19.2. The monoisotopic (exact) mass is 378 g/mol. The SMILES string of the molecule is CCNC(=NCc1ccnc2ccccc12)N1CCN(Cc2ccon2)CC1. The number of hydrogen-bond donors (Lipinski definition) is 1. The second-order valence-electron chi connectivity index (χ2n) is 6.91. The Balaban J connectivity index is 1.42. The van der Waals surface area contributed by atoms with E-state index in [1.807, 2.05) is 24.4 Å². The molecule has 0 saturated carbocycles. The van der Waals surface area contributed by atoms with Crippen LogP contribution < -0.4 is 5.32 Å². The lowest BCUT2D eigenvalue weighted by molar-refractivity contribution is 0.169. The second-order valence-corrected chi connectivity index (χ2v) is 6.91. The fraction of sp³-hybridized carbons (Fsp3) is 0.381. The van der Waals surface area contributed by atoms with Gasteiger partial charge in [0, 0.05) is 56.9 Å². The summed E-state index contributed by atoms with van der Waals surface area (Å²) in [5, 5.41) is 8.62. The first-order valence-electron chi connectivity index (χ1n) is 9.81. The Bertz CT molecular complexity index is 910. The number of benzene rings is 1. The van der Waals surface area contributed by atoms with Crippen molar-refractivity contribution in [2.45, 2.75) is 20.0 Å². The molecule has 0 spiro atoms. The minimum atomic E-state index is 0.643. The van der Waals surface area contributed by atoms with Gasteiger partial charge in [-0.2, -0.15) is 0 Å². The van der Waals surface area contributed by atoms with Crippen molar-refractivity contribution in [2.24, 2.45) is 4.99 Å². The summed E-state index contributed by atoms with van der Waals surface area (Å²) >= 11 is 0. The molecule has 3 aromatic rings. The number of piperazine rings is 1. The Kier molecular flexibility index (Phi) is 5.82. The maximum atomic E-state index is 4.93. The number of rotatable bonds is 5. The summed E-state index contributed by atoms with van der Waals surface area (Å²) in [6.45, 7) is 8.30. The molecular weight excluding hydrogens is 352 g/mol. The Hall–Kier alpha value is -2.93. The summed E-state index contributed by atoms with van der Waals surface area (Å²) in [4.78, 5) is 14.1. The molecule has 2 aromatic heterocycles. The highest BCUT2D eigenvalue weighted by molar-refractivity contribution is 5.83. The molecule has 1 fully saturated rings. The van der Waals surface area contributed by atoms with Crippen molar-refractivity contribution < 1.29 is 4.52 Å². The van der Waals surface area contributed by atoms with Crippen molar-refractivity contribution in [3.05, 3.63) is 60.1 Å². The maximum absolute atomic E-state index is 4.93. The standard InChI is InChI=1S/C21H26N6O/c1-2-22-21(24-15-17-7-9-23-20-6-4-3-5-19(17)20)27-12-10-26(11-13-27)16-18-8-14-28-25-18/h3-9,14H,2,10-13,15-16H2,1H3,(H,22,24). The average Bonchev–Trinajstić information content (AvgIpc) is 3.25. The van der Waals surface area contributed by atoms with Crippen LogP contribution in [0.3, 0.4) is 0 Å². The third kappa shape index (κ3) is 4.31. The summed E-state index contributed by atoms with van der Waals surface area (Å²) < 4.78 is 4.93. The van der Waals surface area contributed by atoms with E-state index in [4.69, 9.17) is 9.52 Å². The third-order valence-corrected chi connectivity index (χ3v) is 5.02. The van der Waals surface area contributed by atoms with Crippen LogP contribution in [0.4, 0.5) is 0 Å². The van der Waals surface area contributed by atoms with Crippen LogP contribution in [0.5, 0.6) is 0 Å². The average molecular weight is 378 g/mol. The maximum Gasteiger partial charge on any atom is 0.194 e. The number of aromatic nitrogens is 2. The number of aliphatic imine (C=N–C) groups is 1. The van der Waals surface area contributed by atoms with E-state index in [2.05, 4.69) is 50.4 Å². The molecule has 0 bridgehead atoms. The lowest BCUT2D eigenvalue weighted by Crippen LogP contribution is -2.52. The summed E-state index contributed by atoms with van der Waals surface area (Å²) in [6.07, 6.45) is 3.49. The number of guanidine groups is 1. The Labute approximate surface area is 165 Å². The Morgan fingerprint density at radius 1 is 1.14 bits per heavy atom. The first-order chi connectivity index (χ1) is 13.8. The summed E-state index contributed by atoms with van der Waals surface area (Å²) in [6, 6.07) is 12.2. The number of pyridine rings is 1. The molecule has 4 rings (SSSR count). The molecule has 7 nitrogen and oxygen atoms in total. The minimum Gasteiger partial charge on any atom is -0.364 e. The molecule has 1 N–H and O–H groups in total. The summed E-state index contributed by atoms with van der Waals surface area (Å²) in [5.74, 6) is 0.976. The van der Waals surface area contributed by atoms with Crippen molar-refractivity contribution in [1.29, 1.82) is 0 Å². The number of nitrogens with zero attached hydrogens (tertiary/aromatic N) is 5. The quantitative estimate of drug-likeness (QED) is 0.543. The molecule has 1 aromatic carbocycles.